The Morgan fingerprint density at radius 1 is 1.38 bits per heavy atom. The lowest BCUT2D eigenvalue weighted by atomic mass is 10.1. The molecule has 0 amide bonds. The highest BCUT2D eigenvalue weighted by Gasteiger charge is 2.03. The van der Waals surface area contributed by atoms with Gasteiger partial charge in [-0.05, 0) is 24.6 Å². The van der Waals surface area contributed by atoms with Gasteiger partial charge in [-0.25, -0.2) is 0 Å². The van der Waals surface area contributed by atoms with Gasteiger partial charge in [-0.1, -0.05) is 43.9 Å². The van der Waals surface area contributed by atoms with E-state index >= 15 is 0 Å². The Balaban J connectivity index is 2.23. The zero-order chi connectivity index (χ0) is 11.8. The number of benzene rings is 1. The summed E-state index contributed by atoms with van der Waals surface area (Å²) in [5, 5.41) is 0.796. The molecule has 90 valence electrons. The first-order chi connectivity index (χ1) is 7.72. The Morgan fingerprint density at radius 2 is 2.19 bits per heavy atom. The number of hydrogen-bond acceptors (Lipinski definition) is 2. The molecule has 3 heteroatoms. The van der Waals surface area contributed by atoms with Crippen molar-refractivity contribution < 1.29 is 0 Å². The van der Waals surface area contributed by atoms with Gasteiger partial charge in [0.15, 0.2) is 0 Å². The fraction of sp³-hybridized carbons (Fsp3) is 0.538. The average Bonchev–Trinajstić information content (AvgIpc) is 2.27. The van der Waals surface area contributed by atoms with Crippen molar-refractivity contribution in [1.29, 1.82) is 0 Å². The Kier molecular flexibility index (Phi) is 6.93. The molecular formula is C13H20ClNS. The van der Waals surface area contributed by atoms with Crippen LogP contribution in [-0.4, -0.2) is 11.8 Å². The Bertz CT molecular complexity index is 304. The largest absolute Gasteiger partial charge is 0.327 e. The lowest BCUT2D eigenvalue weighted by molar-refractivity contribution is 0.597. The van der Waals surface area contributed by atoms with Crippen LogP contribution in [-0.2, 0) is 0 Å². The number of halogens is 1. The fourth-order valence-corrected chi connectivity index (χ4v) is 2.71. The van der Waals surface area contributed by atoms with Crippen LogP contribution < -0.4 is 5.73 Å². The van der Waals surface area contributed by atoms with Gasteiger partial charge in [-0.2, -0.15) is 0 Å². The van der Waals surface area contributed by atoms with Gasteiger partial charge in [0.2, 0.25) is 0 Å². The third-order valence-corrected chi connectivity index (χ3v) is 3.86. The molecule has 0 aliphatic heterocycles. The van der Waals surface area contributed by atoms with Gasteiger partial charge < -0.3 is 5.73 Å². The van der Waals surface area contributed by atoms with E-state index in [4.69, 9.17) is 17.3 Å². The highest BCUT2D eigenvalue weighted by molar-refractivity contribution is 7.99. The molecule has 0 aliphatic rings. The predicted octanol–water partition coefficient (Wildman–Crippen LogP) is 4.34. The number of rotatable bonds is 7. The highest BCUT2D eigenvalue weighted by Crippen LogP contribution is 2.22. The third kappa shape index (κ3) is 5.78. The molecule has 1 atom stereocenters. The number of nitrogens with two attached hydrogens (primary N) is 1. The molecular weight excluding hydrogens is 238 g/mol. The summed E-state index contributed by atoms with van der Waals surface area (Å²) in [5.74, 6) is 0.976. The zero-order valence-corrected chi connectivity index (χ0v) is 11.4. The van der Waals surface area contributed by atoms with E-state index in [0.717, 1.165) is 17.2 Å². The van der Waals surface area contributed by atoms with Gasteiger partial charge in [0.05, 0.1) is 0 Å². The minimum atomic E-state index is 0.301. The van der Waals surface area contributed by atoms with Gasteiger partial charge in [-0.15, -0.1) is 11.8 Å². The fourth-order valence-electron chi connectivity index (χ4n) is 1.50. The summed E-state index contributed by atoms with van der Waals surface area (Å²) in [6.07, 6.45) is 4.92. The first-order valence-electron chi connectivity index (χ1n) is 5.86. The van der Waals surface area contributed by atoms with Gasteiger partial charge in [0.1, 0.15) is 0 Å². The van der Waals surface area contributed by atoms with Crippen LogP contribution in [0, 0.1) is 0 Å². The maximum absolute atomic E-state index is 6.05. The maximum atomic E-state index is 6.05. The monoisotopic (exact) mass is 257 g/mol. The van der Waals surface area contributed by atoms with Crippen molar-refractivity contribution in [2.24, 2.45) is 5.73 Å². The molecule has 0 bridgehead atoms. The lowest BCUT2D eigenvalue weighted by Crippen LogP contribution is -2.22. The SMILES string of the molecule is CCCCCC(N)CSc1cccc(Cl)c1. The Labute approximate surface area is 108 Å². The molecule has 0 saturated heterocycles. The summed E-state index contributed by atoms with van der Waals surface area (Å²) < 4.78 is 0. The molecule has 0 heterocycles. The summed E-state index contributed by atoms with van der Waals surface area (Å²) in [6.45, 7) is 2.21. The van der Waals surface area contributed by atoms with Crippen molar-refractivity contribution in [2.75, 3.05) is 5.75 Å². The van der Waals surface area contributed by atoms with Crippen molar-refractivity contribution in [2.45, 2.75) is 43.5 Å². The van der Waals surface area contributed by atoms with Gasteiger partial charge in [-0.3, -0.25) is 0 Å². The van der Waals surface area contributed by atoms with Crippen LogP contribution in [0.4, 0.5) is 0 Å². The summed E-state index contributed by atoms with van der Waals surface area (Å²) in [6, 6.07) is 8.25. The molecule has 1 rings (SSSR count). The summed E-state index contributed by atoms with van der Waals surface area (Å²) in [5.41, 5.74) is 6.05. The highest BCUT2D eigenvalue weighted by atomic mass is 35.5. The quantitative estimate of drug-likeness (QED) is 0.581. The van der Waals surface area contributed by atoms with Crippen molar-refractivity contribution >= 4 is 23.4 Å². The lowest BCUT2D eigenvalue weighted by Gasteiger charge is -2.10. The van der Waals surface area contributed by atoms with E-state index < -0.39 is 0 Å². The van der Waals surface area contributed by atoms with E-state index in [1.54, 1.807) is 11.8 Å². The van der Waals surface area contributed by atoms with Crippen LogP contribution in [0.1, 0.15) is 32.6 Å². The van der Waals surface area contributed by atoms with Gasteiger partial charge >= 0.3 is 0 Å². The van der Waals surface area contributed by atoms with Crippen LogP contribution in [0.5, 0.6) is 0 Å². The molecule has 0 saturated carbocycles. The van der Waals surface area contributed by atoms with Crippen molar-refractivity contribution in [1.82, 2.24) is 0 Å². The molecule has 1 aromatic rings. The molecule has 1 nitrogen and oxygen atoms in total. The second-order valence-corrected chi connectivity index (χ2v) is 5.55. The van der Waals surface area contributed by atoms with E-state index in [1.165, 1.54) is 24.2 Å². The van der Waals surface area contributed by atoms with E-state index in [2.05, 4.69) is 13.0 Å². The summed E-state index contributed by atoms with van der Waals surface area (Å²) in [7, 11) is 0. The molecule has 0 fully saturated rings. The minimum absolute atomic E-state index is 0.301. The van der Waals surface area contributed by atoms with E-state index in [9.17, 15) is 0 Å². The van der Waals surface area contributed by atoms with Crippen molar-refractivity contribution in [3.8, 4) is 0 Å². The first-order valence-corrected chi connectivity index (χ1v) is 7.22. The minimum Gasteiger partial charge on any atom is -0.327 e. The van der Waals surface area contributed by atoms with Crippen LogP contribution in [0.3, 0.4) is 0 Å². The normalized spacial score (nSPS) is 12.7. The second kappa shape index (κ2) is 7.99. The Hall–Kier alpha value is -0.180. The average molecular weight is 258 g/mol. The predicted molar refractivity (Wildman–Crippen MR) is 74.3 cm³/mol. The molecule has 2 N–H and O–H groups in total. The third-order valence-electron chi connectivity index (χ3n) is 2.44. The van der Waals surface area contributed by atoms with E-state index in [-0.39, 0.29) is 0 Å². The van der Waals surface area contributed by atoms with E-state index in [0.29, 0.717) is 6.04 Å². The molecule has 0 spiro atoms. The molecule has 1 unspecified atom stereocenters. The summed E-state index contributed by atoms with van der Waals surface area (Å²) in [4.78, 5) is 1.21. The maximum Gasteiger partial charge on any atom is 0.0417 e. The van der Waals surface area contributed by atoms with Crippen LogP contribution in [0.25, 0.3) is 0 Å². The first kappa shape index (κ1) is 13.9. The second-order valence-electron chi connectivity index (χ2n) is 4.02. The number of unbranched alkanes of at least 4 members (excludes halogenated alkanes) is 2. The van der Waals surface area contributed by atoms with E-state index in [1.807, 2.05) is 18.2 Å². The van der Waals surface area contributed by atoms with Crippen LogP contribution in [0.15, 0.2) is 29.2 Å². The molecule has 1 aromatic carbocycles. The van der Waals surface area contributed by atoms with Gasteiger partial charge in [0.25, 0.3) is 0 Å². The topological polar surface area (TPSA) is 26.0 Å². The molecule has 16 heavy (non-hydrogen) atoms. The number of hydrogen-bond donors (Lipinski definition) is 1. The number of thioether (sulfide) groups is 1. The van der Waals surface area contributed by atoms with Crippen LogP contribution in [0.2, 0.25) is 5.02 Å². The zero-order valence-electron chi connectivity index (χ0n) is 9.79. The summed E-state index contributed by atoms with van der Waals surface area (Å²) >= 11 is 7.71. The molecule has 0 radical (unpaired) electrons. The van der Waals surface area contributed by atoms with Gasteiger partial charge in [0, 0.05) is 21.7 Å². The smallest absolute Gasteiger partial charge is 0.0417 e. The standard InChI is InChI=1S/C13H20ClNS/c1-2-3-4-7-12(15)10-16-13-8-5-6-11(14)9-13/h5-6,8-9,12H,2-4,7,10,15H2,1H3. The molecule has 0 aliphatic carbocycles. The Morgan fingerprint density at radius 3 is 2.88 bits per heavy atom. The van der Waals surface area contributed by atoms with Crippen molar-refractivity contribution in [3.05, 3.63) is 29.3 Å². The van der Waals surface area contributed by atoms with Crippen molar-refractivity contribution in [3.63, 3.8) is 0 Å². The van der Waals surface area contributed by atoms with Crippen LogP contribution >= 0.6 is 23.4 Å². The molecule has 0 aromatic heterocycles.